The minimum Gasteiger partial charge on any atom is -0.494 e. The zero-order valence-corrected chi connectivity index (χ0v) is 13.6. The second-order valence-electron chi connectivity index (χ2n) is 4.55. The summed E-state index contributed by atoms with van der Waals surface area (Å²) in [6.45, 7) is 2.60. The summed E-state index contributed by atoms with van der Waals surface area (Å²) in [5, 5.41) is 0.736. The van der Waals surface area contributed by atoms with E-state index >= 15 is 0 Å². The van der Waals surface area contributed by atoms with Crippen LogP contribution in [0.15, 0.2) is 46.9 Å². The molecule has 0 aliphatic rings. The van der Waals surface area contributed by atoms with Crippen LogP contribution in [0.2, 0.25) is 5.02 Å². The first-order chi connectivity index (χ1) is 9.60. The molecule has 2 rings (SSSR count). The second kappa shape index (κ2) is 7.11. The summed E-state index contributed by atoms with van der Waals surface area (Å²) in [6.07, 6.45) is 0.744. The molecule has 0 radical (unpaired) electrons. The number of rotatable bonds is 5. The minimum atomic E-state index is -0.116. The van der Waals surface area contributed by atoms with E-state index in [4.69, 9.17) is 22.1 Å². The van der Waals surface area contributed by atoms with Crippen molar-refractivity contribution in [2.24, 2.45) is 5.73 Å². The maximum Gasteiger partial charge on any atom is 0.124 e. The van der Waals surface area contributed by atoms with E-state index in [0.717, 1.165) is 32.8 Å². The monoisotopic (exact) mass is 353 g/mol. The van der Waals surface area contributed by atoms with Crippen molar-refractivity contribution in [3.05, 3.63) is 63.1 Å². The quantitative estimate of drug-likeness (QED) is 0.841. The van der Waals surface area contributed by atoms with Crippen molar-refractivity contribution in [1.82, 2.24) is 0 Å². The van der Waals surface area contributed by atoms with Gasteiger partial charge >= 0.3 is 0 Å². The standard InChI is InChI=1S/C16H17BrClNO/c1-2-20-16-8-5-12(17)10-14(16)15(19)9-11-3-6-13(18)7-4-11/h3-8,10,15H,2,9,19H2,1H3. The second-order valence-corrected chi connectivity index (χ2v) is 5.90. The highest BCUT2D eigenvalue weighted by molar-refractivity contribution is 9.10. The molecule has 0 saturated carbocycles. The van der Waals surface area contributed by atoms with E-state index < -0.39 is 0 Å². The van der Waals surface area contributed by atoms with Gasteiger partial charge in [0.05, 0.1) is 6.61 Å². The van der Waals surface area contributed by atoms with Gasteiger partial charge in [-0.05, 0) is 49.2 Å². The molecule has 1 unspecified atom stereocenters. The molecule has 0 fully saturated rings. The summed E-state index contributed by atoms with van der Waals surface area (Å²) in [6, 6.07) is 13.6. The number of ether oxygens (including phenoxy) is 1. The van der Waals surface area contributed by atoms with Gasteiger partial charge in [-0.1, -0.05) is 39.7 Å². The molecule has 0 heterocycles. The Morgan fingerprint density at radius 2 is 1.90 bits per heavy atom. The molecule has 20 heavy (non-hydrogen) atoms. The smallest absolute Gasteiger partial charge is 0.124 e. The maximum atomic E-state index is 6.33. The van der Waals surface area contributed by atoms with Crippen LogP contribution in [0.3, 0.4) is 0 Å². The Balaban J connectivity index is 2.21. The van der Waals surface area contributed by atoms with Gasteiger partial charge in [0.25, 0.3) is 0 Å². The van der Waals surface area contributed by atoms with Crippen LogP contribution >= 0.6 is 27.5 Å². The van der Waals surface area contributed by atoms with E-state index in [2.05, 4.69) is 15.9 Å². The van der Waals surface area contributed by atoms with E-state index in [1.54, 1.807) is 0 Å². The van der Waals surface area contributed by atoms with Gasteiger partial charge in [-0.3, -0.25) is 0 Å². The van der Waals surface area contributed by atoms with Crippen molar-refractivity contribution in [2.75, 3.05) is 6.61 Å². The molecule has 0 bridgehead atoms. The lowest BCUT2D eigenvalue weighted by Gasteiger charge is -2.17. The zero-order valence-electron chi connectivity index (χ0n) is 11.3. The van der Waals surface area contributed by atoms with Gasteiger partial charge in [-0.2, -0.15) is 0 Å². The molecule has 106 valence electrons. The van der Waals surface area contributed by atoms with Crippen LogP contribution < -0.4 is 10.5 Å². The van der Waals surface area contributed by atoms with Crippen molar-refractivity contribution in [1.29, 1.82) is 0 Å². The summed E-state index contributed by atoms with van der Waals surface area (Å²) in [7, 11) is 0. The fraction of sp³-hybridized carbons (Fsp3) is 0.250. The van der Waals surface area contributed by atoms with Gasteiger partial charge < -0.3 is 10.5 Å². The van der Waals surface area contributed by atoms with Gasteiger partial charge in [0.1, 0.15) is 5.75 Å². The first kappa shape index (κ1) is 15.4. The third-order valence-electron chi connectivity index (χ3n) is 3.04. The van der Waals surface area contributed by atoms with Crippen molar-refractivity contribution in [3.63, 3.8) is 0 Å². The Labute approximate surface area is 133 Å². The molecule has 0 aliphatic heterocycles. The topological polar surface area (TPSA) is 35.2 Å². The molecule has 2 aromatic carbocycles. The molecule has 2 nitrogen and oxygen atoms in total. The molecule has 0 spiro atoms. The Bertz CT molecular complexity index is 571. The first-order valence-corrected chi connectivity index (χ1v) is 7.69. The summed E-state index contributed by atoms with van der Waals surface area (Å²) in [4.78, 5) is 0. The third-order valence-corrected chi connectivity index (χ3v) is 3.79. The Hall–Kier alpha value is -1.03. The fourth-order valence-corrected chi connectivity index (χ4v) is 2.59. The zero-order chi connectivity index (χ0) is 14.5. The molecule has 4 heteroatoms. The van der Waals surface area contributed by atoms with Gasteiger partial charge in [0, 0.05) is 21.1 Å². The number of benzene rings is 2. The SMILES string of the molecule is CCOc1ccc(Br)cc1C(N)Cc1ccc(Cl)cc1. The van der Waals surface area contributed by atoms with Crippen molar-refractivity contribution >= 4 is 27.5 Å². The molecule has 0 aliphatic carbocycles. The van der Waals surface area contributed by atoms with Crippen LogP contribution in [-0.2, 0) is 6.42 Å². The summed E-state index contributed by atoms with van der Waals surface area (Å²) in [5.41, 5.74) is 8.50. The average molecular weight is 355 g/mol. The van der Waals surface area contributed by atoms with Gasteiger partial charge in [-0.25, -0.2) is 0 Å². The van der Waals surface area contributed by atoms with Crippen LogP contribution in [0.5, 0.6) is 5.75 Å². The molecule has 1 atom stereocenters. The summed E-state index contributed by atoms with van der Waals surface area (Å²) < 4.78 is 6.65. The molecule has 0 aromatic heterocycles. The largest absolute Gasteiger partial charge is 0.494 e. The molecule has 2 aromatic rings. The highest BCUT2D eigenvalue weighted by Gasteiger charge is 2.13. The normalized spacial score (nSPS) is 12.2. The van der Waals surface area contributed by atoms with E-state index in [-0.39, 0.29) is 6.04 Å². The summed E-state index contributed by atoms with van der Waals surface area (Å²) in [5.74, 6) is 0.845. The van der Waals surface area contributed by atoms with Crippen LogP contribution in [0.25, 0.3) is 0 Å². The van der Waals surface area contributed by atoms with Crippen LogP contribution in [-0.4, -0.2) is 6.61 Å². The fourth-order valence-electron chi connectivity index (χ4n) is 2.08. The van der Waals surface area contributed by atoms with Gasteiger partial charge in [-0.15, -0.1) is 0 Å². The Morgan fingerprint density at radius 3 is 2.55 bits per heavy atom. The third kappa shape index (κ3) is 3.98. The number of hydrogen-bond donors (Lipinski definition) is 1. The number of nitrogens with two attached hydrogens (primary N) is 1. The Morgan fingerprint density at radius 1 is 1.20 bits per heavy atom. The van der Waals surface area contributed by atoms with Crippen molar-refractivity contribution in [3.8, 4) is 5.75 Å². The summed E-state index contributed by atoms with van der Waals surface area (Å²) >= 11 is 9.38. The molecule has 0 saturated heterocycles. The van der Waals surface area contributed by atoms with Crippen LogP contribution in [0.4, 0.5) is 0 Å². The predicted octanol–water partition coefficient (Wildman–Crippen LogP) is 4.74. The minimum absolute atomic E-state index is 0.116. The van der Waals surface area contributed by atoms with E-state index in [9.17, 15) is 0 Å². The first-order valence-electron chi connectivity index (χ1n) is 6.52. The van der Waals surface area contributed by atoms with Crippen LogP contribution in [0.1, 0.15) is 24.1 Å². The molecular weight excluding hydrogens is 338 g/mol. The van der Waals surface area contributed by atoms with Gasteiger partial charge in [0.15, 0.2) is 0 Å². The highest BCUT2D eigenvalue weighted by Crippen LogP contribution is 2.29. The maximum absolute atomic E-state index is 6.33. The lowest BCUT2D eigenvalue weighted by atomic mass is 9.99. The van der Waals surface area contributed by atoms with E-state index in [1.807, 2.05) is 49.4 Å². The Kier molecular flexibility index (Phi) is 5.46. The van der Waals surface area contributed by atoms with Gasteiger partial charge in [0.2, 0.25) is 0 Å². The lowest BCUT2D eigenvalue weighted by molar-refractivity contribution is 0.334. The van der Waals surface area contributed by atoms with E-state index in [1.165, 1.54) is 0 Å². The molecule has 0 amide bonds. The van der Waals surface area contributed by atoms with E-state index in [0.29, 0.717) is 6.61 Å². The molecule has 2 N–H and O–H groups in total. The lowest BCUT2D eigenvalue weighted by Crippen LogP contribution is -2.15. The molecular formula is C16H17BrClNO. The predicted molar refractivity (Wildman–Crippen MR) is 87.4 cm³/mol. The van der Waals surface area contributed by atoms with Crippen molar-refractivity contribution in [2.45, 2.75) is 19.4 Å². The average Bonchev–Trinajstić information content (AvgIpc) is 2.43. The van der Waals surface area contributed by atoms with Crippen LogP contribution in [0, 0.1) is 0 Å². The number of halogens is 2. The highest BCUT2D eigenvalue weighted by atomic mass is 79.9. The van der Waals surface area contributed by atoms with Crippen molar-refractivity contribution < 1.29 is 4.74 Å². The number of hydrogen-bond acceptors (Lipinski definition) is 2.